The second-order valence-electron chi connectivity index (χ2n) is 4.34. The standard InChI is InChI=1S/C16H18N2OS/c1-3-18(15-7-5-4-6-14(15)17)16(19)12-8-10-13(20-2)11-9-12/h4-11H,3,17H2,1-2H3. The molecule has 2 N–H and O–H groups in total. The van der Waals surface area contributed by atoms with E-state index in [9.17, 15) is 4.79 Å². The number of thioether (sulfide) groups is 1. The second kappa shape index (κ2) is 6.48. The Labute approximate surface area is 123 Å². The van der Waals surface area contributed by atoms with Gasteiger partial charge in [-0.1, -0.05) is 12.1 Å². The van der Waals surface area contributed by atoms with Crippen LogP contribution >= 0.6 is 11.8 Å². The first-order valence-electron chi connectivity index (χ1n) is 6.47. The van der Waals surface area contributed by atoms with Gasteiger partial charge in [0.15, 0.2) is 0 Å². The second-order valence-corrected chi connectivity index (χ2v) is 5.22. The molecule has 0 atom stereocenters. The predicted octanol–water partition coefficient (Wildman–Crippen LogP) is 3.66. The molecule has 0 bridgehead atoms. The SMILES string of the molecule is CCN(C(=O)c1ccc(SC)cc1)c1ccccc1N. The summed E-state index contributed by atoms with van der Waals surface area (Å²) in [5.74, 6) is -0.0296. The first-order chi connectivity index (χ1) is 9.67. The third-order valence-corrected chi connectivity index (χ3v) is 3.87. The summed E-state index contributed by atoms with van der Waals surface area (Å²) in [5, 5.41) is 0. The molecule has 104 valence electrons. The lowest BCUT2D eigenvalue weighted by atomic mass is 10.1. The van der Waals surface area contributed by atoms with Crippen LogP contribution in [-0.2, 0) is 0 Å². The van der Waals surface area contributed by atoms with Crippen LogP contribution in [-0.4, -0.2) is 18.7 Å². The normalized spacial score (nSPS) is 10.3. The van der Waals surface area contributed by atoms with E-state index in [4.69, 9.17) is 5.73 Å². The molecule has 20 heavy (non-hydrogen) atoms. The van der Waals surface area contributed by atoms with Crippen molar-refractivity contribution in [2.45, 2.75) is 11.8 Å². The molecular weight excluding hydrogens is 268 g/mol. The molecule has 4 heteroatoms. The summed E-state index contributed by atoms with van der Waals surface area (Å²) in [4.78, 5) is 15.4. The number of nitrogen functional groups attached to an aromatic ring is 1. The maximum Gasteiger partial charge on any atom is 0.258 e. The summed E-state index contributed by atoms with van der Waals surface area (Å²) >= 11 is 1.66. The van der Waals surface area contributed by atoms with E-state index in [-0.39, 0.29) is 5.91 Å². The van der Waals surface area contributed by atoms with E-state index in [1.807, 2.05) is 61.7 Å². The van der Waals surface area contributed by atoms with Crippen molar-refractivity contribution in [2.24, 2.45) is 0 Å². The molecule has 0 saturated carbocycles. The van der Waals surface area contributed by atoms with E-state index in [2.05, 4.69) is 0 Å². The molecule has 0 spiro atoms. The van der Waals surface area contributed by atoms with Gasteiger partial charge >= 0.3 is 0 Å². The molecule has 0 aliphatic heterocycles. The summed E-state index contributed by atoms with van der Waals surface area (Å²) in [7, 11) is 0. The molecule has 3 nitrogen and oxygen atoms in total. The summed E-state index contributed by atoms with van der Waals surface area (Å²) < 4.78 is 0. The minimum Gasteiger partial charge on any atom is -0.397 e. The molecule has 0 heterocycles. The number of anilines is 2. The topological polar surface area (TPSA) is 46.3 Å². The van der Waals surface area contributed by atoms with Gasteiger partial charge in [-0.15, -0.1) is 11.8 Å². The molecule has 0 fully saturated rings. The van der Waals surface area contributed by atoms with Gasteiger partial charge < -0.3 is 10.6 Å². The third-order valence-electron chi connectivity index (χ3n) is 3.13. The van der Waals surface area contributed by atoms with Gasteiger partial charge in [0.1, 0.15) is 0 Å². The summed E-state index contributed by atoms with van der Waals surface area (Å²) in [6, 6.07) is 15.1. The Morgan fingerprint density at radius 1 is 1.15 bits per heavy atom. The minimum atomic E-state index is -0.0296. The number of para-hydroxylation sites is 2. The number of nitrogens with two attached hydrogens (primary N) is 1. The number of nitrogens with zero attached hydrogens (tertiary/aromatic N) is 1. The van der Waals surface area contributed by atoms with Crippen molar-refractivity contribution in [1.29, 1.82) is 0 Å². The van der Waals surface area contributed by atoms with Crippen molar-refractivity contribution in [2.75, 3.05) is 23.4 Å². The van der Waals surface area contributed by atoms with Crippen LogP contribution in [0.2, 0.25) is 0 Å². The van der Waals surface area contributed by atoms with Crippen LogP contribution in [0.25, 0.3) is 0 Å². The molecule has 2 aromatic carbocycles. The number of hydrogen-bond donors (Lipinski definition) is 1. The maximum atomic E-state index is 12.6. The number of amides is 1. The van der Waals surface area contributed by atoms with Crippen LogP contribution in [0.4, 0.5) is 11.4 Å². The van der Waals surface area contributed by atoms with E-state index in [1.54, 1.807) is 16.7 Å². The van der Waals surface area contributed by atoms with Gasteiger partial charge in [0, 0.05) is 17.0 Å². The van der Waals surface area contributed by atoms with Crippen LogP contribution in [0, 0.1) is 0 Å². The first kappa shape index (κ1) is 14.5. The van der Waals surface area contributed by atoms with E-state index in [0.717, 1.165) is 10.6 Å². The van der Waals surface area contributed by atoms with Crippen LogP contribution < -0.4 is 10.6 Å². The van der Waals surface area contributed by atoms with Gasteiger partial charge in [-0.2, -0.15) is 0 Å². The van der Waals surface area contributed by atoms with E-state index in [0.29, 0.717) is 17.8 Å². The molecule has 2 rings (SSSR count). The lowest BCUT2D eigenvalue weighted by Gasteiger charge is -2.22. The smallest absolute Gasteiger partial charge is 0.258 e. The number of carbonyl (C=O) groups is 1. The van der Waals surface area contributed by atoms with Crippen molar-refractivity contribution in [3.05, 3.63) is 54.1 Å². The van der Waals surface area contributed by atoms with Crippen molar-refractivity contribution in [3.8, 4) is 0 Å². The minimum absolute atomic E-state index is 0.0296. The van der Waals surface area contributed by atoms with Gasteiger partial charge in [0.2, 0.25) is 0 Å². The van der Waals surface area contributed by atoms with Crippen LogP contribution in [0.5, 0.6) is 0 Å². The zero-order chi connectivity index (χ0) is 14.5. The highest BCUT2D eigenvalue weighted by molar-refractivity contribution is 7.98. The van der Waals surface area contributed by atoms with Gasteiger partial charge in [-0.25, -0.2) is 0 Å². The molecule has 1 amide bonds. The Morgan fingerprint density at radius 2 is 1.80 bits per heavy atom. The fourth-order valence-corrected chi connectivity index (χ4v) is 2.45. The highest BCUT2D eigenvalue weighted by Gasteiger charge is 2.17. The number of benzene rings is 2. The Morgan fingerprint density at radius 3 is 2.35 bits per heavy atom. The van der Waals surface area contributed by atoms with Crippen molar-refractivity contribution in [1.82, 2.24) is 0 Å². The summed E-state index contributed by atoms with van der Waals surface area (Å²) in [6.07, 6.45) is 2.01. The highest BCUT2D eigenvalue weighted by atomic mass is 32.2. The molecule has 0 aromatic heterocycles. The number of rotatable bonds is 4. The van der Waals surface area contributed by atoms with Crippen molar-refractivity contribution >= 4 is 29.0 Å². The Balaban J connectivity index is 2.31. The highest BCUT2D eigenvalue weighted by Crippen LogP contribution is 2.24. The summed E-state index contributed by atoms with van der Waals surface area (Å²) in [5.41, 5.74) is 8.01. The zero-order valence-electron chi connectivity index (χ0n) is 11.7. The predicted molar refractivity (Wildman–Crippen MR) is 86.4 cm³/mol. The molecule has 0 aliphatic rings. The van der Waals surface area contributed by atoms with Gasteiger partial charge in [-0.05, 0) is 49.6 Å². The van der Waals surface area contributed by atoms with E-state index in [1.165, 1.54) is 0 Å². The molecule has 0 unspecified atom stereocenters. The Hall–Kier alpha value is -1.94. The number of carbonyl (C=O) groups excluding carboxylic acids is 1. The van der Waals surface area contributed by atoms with Crippen LogP contribution in [0.15, 0.2) is 53.4 Å². The molecule has 2 aromatic rings. The maximum absolute atomic E-state index is 12.6. The quantitative estimate of drug-likeness (QED) is 0.689. The Bertz CT molecular complexity index is 596. The monoisotopic (exact) mass is 286 g/mol. The number of hydrogen-bond acceptors (Lipinski definition) is 3. The molecular formula is C16H18N2OS. The Kier molecular flexibility index (Phi) is 4.69. The molecule has 0 radical (unpaired) electrons. The molecule has 0 aliphatic carbocycles. The van der Waals surface area contributed by atoms with Gasteiger partial charge in [-0.3, -0.25) is 4.79 Å². The fourth-order valence-electron chi connectivity index (χ4n) is 2.05. The fraction of sp³-hybridized carbons (Fsp3) is 0.188. The van der Waals surface area contributed by atoms with E-state index >= 15 is 0 Å². The average molecular weight is 286 g/mol. The average Bonchev–Trinajstić information content (AvgIpc) is 2.50. The van der Waals surface area contributed by atoms with Gasteiger partial charge in [0.25, 0.3) is 5.91 Å². The largest absolute Gasteiger partial charge is 0.397 e. The van der Waals surface area contributed by atoms with Crippen molar-refractivity contribution < 1.29 is 4.79 Å². The first-order valence-corrected chi connectivity index (χ1v) is 7.70. The van der Waals surface area contributed by atoms with E-state index < -0.39 is 0 Å². The lowest BCUT2D eigenvalue weighted by Crippen LogP contribution is -2.31. The third kappa shape index (κ3) is 2.96. The summed E-state index contributed by atoms with van der Waals surface area (Å²) in [6.45, 7) is 2.53. The van der Waals surface area contributed by atoms with Crippen LogP contribution in [0.1, 0.15) is 17.3 Å². The van der Waals surface area contributed by atoms with Crippen LogP contribution in [0.3, 0.4) is 0 Å². The zero-order valence-corrected chi connectivity index (χ0v) is 12.5. The molecule has 0 saturated heterocycles. The van der Waals surface area contributed by atoms with Gasteiger partial charge in [0.05, 0.1) is 11.4 Å². The van der Waals surface area contributed by atoms with Crippen molar-refractivity contribution in [3.63, 3.8) is 0 Å². The lowest BCUT2D eigenvalue weighted by molar-refractivity contribution is 0.0988.